The van der Waals surface area contributed by atoms with Crippen LogP contribution >= 0.6 is 12.4 Å². The predicted molar refractivity (Wildman–Crippen MR) is 54.1 cm³/mol. The summed E-state index contributed by atoms with van der Waals surface area (Å²) in [4.78, 5) is 0. The van der Waals surface area contributed by atoms with E-state index in [0.29, 0.717) is 5.75 Å². The number of phenols is 1. The van der Waals surface area contributed by atoms with E-state index in [1.165, 1.54) is 5.56 Å². The van der Waals surface area contributed by atoms with E-state index in [1.54, 1.807) is 12.1 Å². The summed E-state index contributed by atoms with van der Waals surface area (Å²) >= 11 is 0. The van der Waals surface area contributed by atoms with E-state index in [2.05, 4.69) is 20.8 Å². The Kier molecular flexibility index (Phi) is 7.02. The number of phenolic OH excluding ortho intramolecular Hbond substituents is 1. The zero-order valence-electron chi connectivity index (χ0n) is 8.16. The molecule has 0 radical (unpaired) electrons. The largest absolute Gasteiger partial charge is 0.508 e. The molecule has 0 aromatic heterocycles. The van der Waals surface area contributed by atoms with Crippen molar-refractivity contribution in [2.24, 2.45) is 0 Å². The molecule has 0 heterocycles. The molecule has 0 fully saturated rings. The quantitative estimate of drug-likeness (QED) is 0.773. The fraction of sp³-hybridized carbons (Fsp3) is 0.400. The van der Waals surface area contributed by atoms with Gasteiger partial charge in [0, 0.05) is 26.2 Å². The Bertz CT molecular complexity index is 238. The van der Waals surface area contributed by atoms with E-state index in [9.17, 15) is 0 Å². The van der Waals surface area contributed by atoms with Crippen molar-refractivity contribution in [1.82, 2.24) is 0 Å². The second-order valence-corrected chi connectivity index (χ2v) is 3.80. The average Bonchev–Trinajstić information content (AvgIpc) is 1.86. The van der Waals surface area contributed by atoms with Gasteiger partial charge in [-0.2, -0.15) is 0 Å². The van der Waals surface area contributed by atoms with E-state index in [1.807, 2.05) is 12.1 Å². The molecule has 0 unspecified atom stereocenters. The van der Waals surface area contributed by atoms with Crippen molar-refractivity contribution in [3.05, 3.63) is 29.8 Å². The third-order valence-electron chi connectivity index (χ3n) is 1.73. The molecule has 1 nitrogen and oxygen atoms in total. The van der Waals surface area contributed by atoms with E-state index >= 15 is 0 Å². The first-order chi connectivity index (χ1) is 5.00. The van der Waals surface area contributed by atoms with Crippen molar-refractivity contribution in [2.45, 2.75) is 26.2 Å². The smallest absolute Gasteiger partial charge is 0.115 e. The molecule has 0 atom stereocenters. The molecule has 72 valence electrons. The zero-order chi connectivity index (χ0) is 8.48. The van der Waals surface area contributed by atoms with Crippen molar-refractivity contribution in [3.8, 4) is 5.75 Å². The predicted octanol–water partition coefficient (Wildman–Crippen LogP) is 3.11. The molecule has 0 spiro atoms. The second-order valence-electron chi connectivity index (χ2n) is 3.80. The average molecular weight is 278 g/mol. The van der Waals surface area contributed by atoms with Gasteiger partial charge in [0.2, 0.25) is 0 Å². The van der Waals surface area contributed by atoms with Crippen LogP contribution in [-0.2, 0) is 31.6 Å². The van der Waals surface area contributed by atoms with Crippen LogP contribution in [0.4, 0.5) is 0 Å². The van der Waals surface area contributed by atoms with Crippen LogP contribution in [0, 0.1) is 0 Å². The first kappa shape index (κ1) is 15.7. The van der Waals surface area contributed by atoms with Crippen LogP contribution < -0.4 is 0 Å². The second kappa shape index (κ2) is 5.83. The molecule has 1 aromatic rings. The fourth-order valence-corrected chi connectivity index (χ4v) is 0.961. The first-order valence-corrected chi connectivity index (χ1v) is 3.79. The van der Waals surface area contributed by atoms with E-state index in [-0.39, 0.29) is 44.0 Å². The Balaban J connectivity index is 0. The van der Waals surface area contributed by atoms with Gasteiger partial charge in [-0.1, -0.05) is 32.9 Å². The van der Waals surface area contributed by atoms with Crippen LogP contribution in [0.15, 0.2) is 24.3 Å². The van der Waals surface area contributed by atoms with Gasteiger partial charge in [0.1, 0.15) is 5.75 Å². The molecule has 0 aliphatic heterocycles. The van der Waals surface area contributed by atoms with Gasteiger partial charge in [-0.15, -0.1) is 12.4 Å². The maximum atomic E-state index is 9.02. The first-order valence-electron chi connectivity index (χ1n) is 3.79. The Morgan fingerprint density at radius 2 is 1.38 bits per heavy atom. The van der Waals surface area contributed by atoms with Crippen LogP contribution in [0.3, 0.4) is 0 Å². The van der Waals surface area contributed by atoms with Crippen molar-refractivity contribution in [3.63, 3.8) is 0 Å². The van der Waals surface area contributed by atoms with Crippen LogP contribution in [0.25, 0.3) is 0 Å². The molecular weight excluding hydrogens is 263 g/mol. The summed E-state index contributed by atoms with van der Waals surface area (Å²) in [6.07, 6.45) is 0. The molecular formula is C10H15ClOZr. The number of hydrogen-bond donors (Lipinski definition) is 1. The number of benzene rings is 1. The molecule has 1 N–H and O–H groups in total. The summed E-state index contributed by atoms with van der Waals surface area (Å²) in [5.74, 6) is 0.331. The van der Waals surface area contributed by atoms with Gasteiger partial charge in [-0.3, -0.25) is 0 Å². The van der Waals surface area contributed by atoms with Gasteiger partial charge < -0.3 is 5.11 Å². The van der Waals surface area contributed by atoms with Crippen LogP contribution in [0.2, 0.25) is 0 Å². The van der Waals surface area contributed by atoms with Gasteiger partial charge in [0.25, 0.3) is 0 Å². The Labute approximate surface area is 105 Å². The van der Waals surface area contributed by atoms with E-state index in [4.69, 9.17) is 5.11 Å². The maximum absolute atomic E-state index is 9.02. The molecule has 1 rings (SSSR count). The normalized spacial score (nSPS) is 9.77. The minimum atomic E-state index is 0. The van der Waals surface area contributed by atoms with Crippen molar-refractivity contribution in [1.29, 1.82) is 0 Å². The third-order valence-corrected chi connectivity index (χ3v) is 1.73. The minimum absolute atomic E-state index is 0. The van der Waals surface area contributed by atoms with Gasteiger partial charge in [-0.05, 0) is 23.1 Å². The zero-order valence-corrected chi connectivity index (χ0v) is 11.4. The molecule has 0 aliphatic rings. The molecule has 0 amide bonds. The van der Waals surface area contributed by atoms with Gasteiger partial charge >= 0.3 is 0 Å². The number of hydrogen-bond acceptors (Lipinski definition) is 1. The molecule has 13 heavy (non-hydrogen) atoms. The van der Waals surface area contributed by atoms with Crippen molar-refractivity contribution >= 4 is 12.4 Å². The molecule has 0 aliphatic carbocycles. The topological polar surface area (TPSA) is 20.2 Å². The fourth-order valence-electron chi connectivity index (χ4n) is 0.961. The van der Waals surface area contributed by atoms with Crippen LogP contribution in [0.5, 0.6) is 5.75 Å². The number of aromatic hydroxyl groups is 1. The minimum Gasteiger partial charge on any atom is -0.508 e. The monoisotopic (exact) mass is 276 g/mol. The molecule has 0 saturated carbocycles. The molecule has 0 saturated heterocycles. The van der Waals surface area contributed by atoms with Gasteiger partial charge in [0.15, 0.2) is 0 Å². The summed E-state index contributed by atoms with van der Waals surface area (Å²) in [5.41, 5.74) is 1.42. The summed E-state index contributed by atoms with van der Waals surface area (Å²) in [7, 11) is 0. The Morgan fingerprint density at radius 3 is 1.69 bits per heavy atom. The summed E-state index contributed by atoms with van der Waals surface area (Å²) < 4.78 is 0. The third kappa shape index (κ3) is 4.83. The summed E-state index contributed by atoms with van der Waals surface area (Å²) in [6.45, 7) is 6.46. The summed E-state index contributed by atoms with van der Waals surface area (Å²) in [5, 5.41) is 9.02. The Hall–Kier alpha value is 0.193. The van der Waals surface area contributed by atoms with Crippen molar-refractivity contribution in [2.75, 3.05) is 0 Å². The SMILES string of the molecule is CC(C)(C)c1ccc(O)cc1.Cl.[Zr]. The Morgan fingerprint density at radius 1 is 1.00 bits per heavy atom. The number of halogens is 1. The van der Waals surface area contributed by atoms with Crippen molar-refractivity contribution < 1.29 is 31.3 Å². The van der Waals surface area contributed by atoms with Crippen LogP contribution in [-0.4, -0.2) is 5.11 Å². The standard InChI is InChI=1S/C10H14O.ClH.Zr/c1-10(2,3)8-4-6-9(11)7-5-8;;/h4-7,11H,1-3H3;1H;. The summed E-state index contributed by atoms with van der Waals surface area (Å²) in [6, 6.07) is 7.35. The van der Waals surface area contributed by atoms with E-state index < -0.39 is 0 Å². The van der Waals surface area contributed by atoms with E-state index in [0.717, 1.165) is 0 Å². The maximum Gasteiger partial charge on any atom is 0.115 e. The van der Waals surface area contributed by atoms with Crippen LogP contribution in [0.1, 0.15) is 26.3 Å². The molecule has 1 aromatic carbocycles. The number of rotatable bonds is 0. The molecule has 3 heteroatoms. The van der Waals surface area contributed by atoms with Gasteiger partial charge in [0.05, 0.1) is 0 Å². The molecule has 0 bridgehead atoms. The van der Waals surface area contributed by atoms with Gasteiger partial charge in [-0.25, -0.2) is 0 Å².